The molecule has 0 bridgehead atoms. The van der Waals surface area contributed by atoms with Crippen molar-refractivity contribution >= 4 is 23.6 Å². The number of ether oxygens (including phenoxy) is 1. The number of benzene rings is 1. The molecule has 1 aromatic carbocycles. The van der Waals surface area contributed by atoms with E-state index in [2.05, 4.69) is 35.7 Å². The van der Waals surface area contributed by atoms with Crippen LogP contribution in [0.4, 0.5) is 0 Å². The van der Waals surface area contributed by atoms with Crippen molar-refractivity contribution < 1.29 is 19.1 Å². The second-order valence-electron chi connectivity index (χ2n) is 10.1. The van der Waals surface area contributed by atoms with Gasteiger partial charge in [-0.3, -0.25) is 25.1 Å². The fourth-order valence-electron chi connectivity index (χ4n) is 3.43. The normalized spacial score (nSPS) is 20.9. The van der Waals surface area contributed by atoms with E-state index < -0.39 is 11.9 Å². The van der Waals surface area contributed by atoms with Crippen molar-refractivity contribution in [3.63, 3.8) is 0 Å². The Morgan fingerprint density at radius 1 is 1.09 bits per heavy atom. The number of hydrogen-bond acceptors (Lipinski definition) is 6. The van der Waals surface area contributed by atoms with E-state index in [4.69, 9.17) is 15.9 Å². The van der Waals surface area contributed by atoms with Gasteiger partial charge in [-0.1, -0.05) is 78.9 Å². The molecule has 1 aromatic rings. The third kappa shape index (κ3) is 16.1. The standard InChI is InChI=1S/C22H32N4O4.C8H10N2.C4H6/c1-5-10-19-17(6-2)11-8-9-12-24-20(27)15-25-21(28)16-26(4)22(29)18(7-3)23-13-14-30-19;1-6-2-4-7(5-3-6)8(9)10;1-4-2-3-4/h5-8,10-11,18,23H,2-3,9,12-16H2,1,4H3,(H,24,27)(H,25,28);2-5H,1H3,(H3,9,10);1-3H2/b10-5-,11-8+,19-17-;;. The zero-order chi connectivity index (χ0) is 32.9. The summed E-state index contributed by atoms with van der Waals surface area (Å²) in [7, 11) is 1.52. The number of nitrogens with zero attached hydrogens (tertiary/aromatic N) is 1. The Balaban J connectivity index is 0.000000558. The SMILES string of the molecule is C=C1CC1.C=CC1=C(\C=C/C)OCCNC(C=C)C(=O)N(C)CC(=O)NCC(=O)NCC\C=C\1.Cc1ccc(C(=N)N)cc1. The lowest BCUT2D eigenvalue weighted by molar-refractivity contribution is -0.135. The van der Waals surface area contributed by atoms with Gasteiger partial charge >= 0.3 is 0 Å². The molecule has 0 radical (unpaired) electrons. The first kappa shape index (κ1) is 37.3. The van der Waals surface area contributed by atoms with E-state index in [1.165, 1.54) is 42.0 Å². The Morgan fingerprint density at radius 2 is 1.75 bits per heavy atom. The van der Waals surface area contributed by atoms with Crippen LogP contribution in [0.2, 0.25) is 0 Å². The number of nitrogens with two attached hydrogens (primary N) is 1. The highest BCUT2D eigenvalue weighted by atomic mass is 16.5. The molecule has 44 heavy (non-hydrogen) atoms. The van der Waals surface area contributed by atoms with Crippen molar-refractivity contribution in [1.82, 2.24) is 20.9 Å². The summed E-state index contributed by atoms with van der Waals surface area (Å²) in [6.07, 6.45) is 13.9. The highest BCUT2D eigenvalue weighted by Gasteiger charge is 2.20. The number of nitrogen functional groups attached to an aromatic ring is 1. The Labute approximate surface area is 262 Å². The molecule has 1 atom stereocenters. The molecule has 1 unspecified atom stereocenters. The van der Waals surface area contributed by atoms with Crippen molar-refractivity contribution in [1.29, 1.82) is 5.41 Å². The average molecular weight is 605 g/mol. The first-order valence-corrected chi connectivity index (χ1v) is 14.5. The van der Waals surface area contributed by atoms with Crippen LogP contribution in [0.3, 0.4) is 0 Å². The van der Waals surface area contributed by atoms with Gasteiger partial charge in [-0.25, -0.2) is 0 Å². The van der Waals surface area contributed by atoms with E-state index in [0.717, 1.165) is 11.1 Å². The molecule has 1 fully saturated rings. The summed E-state index contributed by atoms with van der Waals surface area (Å²) in [5.41, 5.74) is 9.44. The minimum atomic E-state index is -0.662. The van der Waals surface area contributed by atoms with E-state index in [0.29, 0.717) is 31.9 Å². The maximum atomic E-state index is 12.5. The van der Waals surface area contributed by atoms with Crippen LogP contribution >= 0.6 is 0 Å². The number of hydrogen-bond donors (Lipinski definition) is 5. The minimum absolute atomic E-state index is 0.125. The molecule has 0 saturated heterocycles. The van der Waals surface area contributed by atoms with Gasteiger partial charge in [0.2, 0.25) is 17.7 Å². The van der Waals surface area contributed by atoms with E-state index >= 15 is 0 Å². The van der Waals surface area contributed by atoms with Crippen LogP contribution in [0.5, 0.6) is 0 Å². The van der Waals surface area contributed by atoms with Gasteiger partial charge in [0.15, 0.2) is 0 Å². The number of likely N-dealkylation sites (N-methyl/N-ethyl adjacent to an activating group) is 1. The highest BCUT2D eigenvalue weighted by molar-refractivity contribution is 5.94. The molecule has 10 heteroatoms. The predicted octanol–water partition coefficient (Wildman–Crippen LogP) is 3.43. The topological polar surface area (TPSA) is 150 Å². The van der Waals surface area contributed by atoms with Gasteiger partial charge in [0.05, 0.1) is 13.1 Å². The van der Waals surface area contributed by atoms with Crippen LogP contribution in [-0.4, -0.2) is 74.3 Å². The third-order valence-corrected chi connectivity index (χ3v) is 6.15. The van der Waals surface area contributed by atoms with Crippen molar-refractivity contribution in [3.05, 3.63) is 108 Å². The van der Waals surface area contributed by atoms with Crippen LogP contribution < -0.4 is 21.7 Å². The summed E-state index contributed by atoms with van der Waals surface area (Å²) in [5.74, 6) is -0.241. The van der Waals surface area contributed by atoms with Gasteiger partial charge in [0.25, 0.3) is 0 Å². The number of amides is 3. The van der Waals surface area contributed by atoms with Crippen LogP contribution in [0.1, 0.15) is 37.3 Å². The summed E-state index contributed by atoms with van der Waals surface area (Å²) >= 11 is 0. The summed E-state index contributed by atoms with van der Waals surface area (Å²) < 4.78 is 5.86. The smallest absolute Gasteiger partial charge is 0.243 e. The Morgan fingerprint density at radius 3 is 2.30 bits per heavy atom. The van der Waals surface area contributed by atoms with Gasteiger partial charge in [0, 0.05) is 31.3 Å². The number of rotatable bonds is 4. The van der Waals surface area contributed by atoms with Crippen molar-refractivity contribution in [3.8, 4) is 0 Å². The fourth-order valence-corrected chi connectivity index (χ4v) is 3.43. The number of carbonyl (C=O) groups excluding carboxylic acids is 3. The van der Waals surface area contributed by atoms with E-state index in [1.54, 1.807) is 6.08 Å². The van der Waals surface area contributed by atoms with E-state index in [9.17, 15) is 14.4 Å². The Bertz CT molecular complexity index is 1240. The molecule has 6 N–H and O–H groups in total. The molecule has 10 nitrogen and oxygen atoms in total. The van der Waals surface area contributed by atoms with Gasteiger partial charge in [-0.2, -0.15) is 0 Å². The second kappa shape index (κ2) is 21.1. The maximum absolute atomic E-state index is 12.5. The first-order chi connectivity index (χ1) is 21.0. The molecule has 3 amide bonds. The molecule has 1 aliphatic carbocycles. The monoisotopic (exact) mass is 604 g/mol. The summed E-state index contributed by atoms with van der Waals surface area (Å²) in [5, 5.41) is 15.4. The molecular weight excluding hydrogens is 556 g/mol. The van der Waals surface area contributed by atoms with Gasteiger partial charge in [0.1, 0.15) is 24.2 Å². The van der Waals surface area contributed by atoms with E-state index in [1.807, 2.05) is 62.4 Å². The molecule has 0 spiro atoms. The number of aryl methyl sites for hydroxylation is 1. The van der Waals surface area contributed by atoms with Crippen LogP contribution in [0.25, 0.3) is 0 Å². The summed E-state index contributed by atoms with van der Waals surface area (Å²) in [6, 6.07) is 6.91. The minimum Gasteiger partial charge on any atom is -0.492 e. The molecule has 1 aliphatic heterocycles. The highest BCUT2D eigenvalue weighted by Crippen LogP contribution is 2.23. The average Bonchev–Trinajstić information content (AvgIpc) is 3.79. The number of carbonyl (C=O) groups is 3. The zero-order valence-corrected chi connectivity index (χ0v) is 26.3. The van der Waals surface area contributed by atoms with Crippen molar-refractivity contribution in [2.45, 2.75) is 39.2 Å². The zero-order valence-electron chi connectivity index (χ0n) is 26.3. The molecule has 0 aromatic heterocycles. The number of nitrogens with one attached hydrogen (secondary N) is 4. The maximum Gasteiger partial charge on any atom is 0.243 e. The fraction of sp³-hybridized carbons (Fsp3) is 0.353. The Kier molecular flexibility index (Phi) is 17.9. The summed E-state index contributed by atoms with van der Waals surface area (Å²) in [4.78, 5) is 37.7. The van der Waals surface area contributed by atoms with Crippen LogP contribution in [0, 0.1) is 12.3 Å². The molecule has 3 rings (SSSR count). The lowest BCUT2D eigenvalue weighted by Crippen LogP contribution is -2.48. The van der Waals surface area contributed by atoms with Gasteiger partial charge < -0.3 is 26.0 Å². The number of amidine groups is 1. The second-order valence-corrected chi connectivity index (χ2v) is 10.1. The van der Waals surface area contributed by atoms with Gasteiger partial charge in [-0.15, -0.1) is 6.58 Å². The molecule has 1 heterocycles. The third-order valence-electron chi connectivity index (χ3n) is 6.15. The Hall–Kier alpha value is -4.70. The molecule has 2 aliphatic rings. The van der Waals surface area contributed by atoms with Crippen LogP contribution in [0.15, 0.2) is 97.4 Å². The quantitative estimate of drug-likeness (QED) is 0.202. The molecular formula is C34H48N6O4. The van der Waals surface area contributed by atoms with Gasteiger partial charge in [-0.05, 0) is 39.2 Å². The first-order valence-electron chi connectivity index (χ1n) is 14.5. The molecule has 238 valence electrons. The largest absolute Gasteiger partial charge is 0.492 e. The van der Waals surface area contributed by atoms with E-state index in [-0.39, 0.29) is 30.7 Å². The lowest BCUT2D eigenvalue weighted by Gasteiger charge is -2.22. The predicted molar refractivity (Wildman–Crippen MR) is 178 cm³/mol. The van der Waals surface area contributed by atoms with Crippen molar-refractivity contribution in [2.24, 2.45) is 5.73 Å². The molecule has 1 saturated carbocycles. The number of allylic oxidation sites excluding steroid dienone is 6. The summed E-state index contributed by atoms with van der Waals surface area (Å²) in [6.45, 7) is 15.9. The lowest BCUT2D eigenvalue weighted by atomic mass is 10.1. The van der Waals surface area contributed by atoms with Crippen molar-refractivity contribution in [2.75, 3.05) is 39.8 Å². The van der Waals surface area contributed by atoms with Crippen LogP contribution in [-0.2, 0) is 19.1 Å².